The van der Waals surface area contributed by atoms with Crippen LogP contribution in [-0.2, 0) is 0 Å². The first-order chi connectivity index (χ1) is 11.0. The molecule has 0 bridgehead atoms. The fourth-order valence-corrected chi connectivity index (χ4v) is 2.31. The van der Waals surface area contributed by atoms with Crippen LogP contribution in [0.2, 0.25) is 30.4 Å². The molecular formula is C12H3Cl7N2O3. The Morgan fingerprint density at radius 2 is 1.17 bits per heavy atom. The van der Waals surface area contributed by atoms with Gasteiger partial charge in [-0.1, -0.05) is 69.6 Å². The Labute approximate surface area is 170 Å². The zero-order chi connectivity index (χ0) is 18.6. The number of aromatic nitrogens is 2. The molecule has 24 heavy (non-hydrogen) atoms. The van der Waals surface area contributed by atoms with Crippen molar-refractivity contribution in [2.24, 2.45) is 0 Å². The third kappa shape index (κ3) is 5.77. The standard InChI is InChI=1S/C6HCl4NO.C6H2Cl3NO2/c7-2-1-3(6(10)12)11-5(9)4(2)8;7-2-1-3(6(11)12)10-5(9)4(2)8/h1H;1H,(H,11,12). The van der Waals surface area contributed by atoms with Crippen LogP contribution in [0.5, 0.6) is 0 Å². The van der Waals surface area contributed by atoms with Gasteiger partial charge in [0.25, 0.3) is 5.24 Å². The van der Waals surface area contributed by atoms with Gasteiger partial charge < -0.3 is 5.11 Å². The fraction of sp³-hybridized carbons (Fsp3) is 0. The van der Waals surface area contributed by atoms with Gasteiger partial charge in [0.15, 0.2) is 5.69 Å². The van der Waals surface area contributed by atoms with Crippen molar-refractivity contribution in [2.75, 3.05) is 0 Å². The number of carbonyl (C=O) groups excluding carboxylic acids is 1. The Hall–Kier alpha value is -0.530. The molecule has 0 fully saturated rings. The van der Waals surface area contributed by atoms with Crippen LogP contribution in [0.4, 0.5) is 0 Å². The Kier molecular flexibility index (Phi) is 8.29. The number of carbonyl (C=O) groups is 2. The van der Waals surface area contributed by atoms with Crippen LogP contribution in [-0.4, -0.2) is 26.3 Å². The summed E-state index contributed by atoms with van der Waals surface area (Å²) in [5.74, 6) is -1.20. The van der Waals surface area contributed by atoms with E-state index in [1.165, 1.54) is 6.07 Å². The van der Waals surface area contributed by atoms with Gasteiger partial charge in [-0.15, -0.1) is 0 Å². The van der Waals surface area contributed by atoms with E-state index in [4.69, 9.17) is 86.3 Å². The summed E-state index contributed by atoms with van der Waals surface area (Å²) in [6.07, 6.45) is 0. The van der Waals surface area contributed by atoms with Gasteiger partial charge in [0.2, 0.25) is 0 Å². The molecule has 0 atom stereocenters. The smallest absolute Gasteiger partial charge is 0.354 e. The van der Waals surface area contributed by atoms with E-state index in [2.05, 4.69) is 9.97 Å². The third-order valence-electron chi connectivity index (χ3n) is 2.17. The highest BCUT2D eigenvalue weighted by Gasteiger charge is 2.12. The minimum absolute atomic E-state index is 0.0175. The Morgan fingerprint density at radius 3 is 1.50 bits per heavy atom. The van der Waals surface area contributed by atoms with Crippen LogP contribution >= 0.6 is 81.2 Å². The molecule has 0 unspecified atom stereocenters. The molecule has 0 saturated heterocycles. The number of hydrogen-bond acceptors (Lipinski definition) is 4. The number of aromatic carboxylic acids is 1. The molecule has 0 aliphatic rings. The van der Waals surface area contributed by atoms with Crippen molar-refractivity contribution in [3.63, 3.8) is 0 Å². The maximum atomic E-state index is 10.6. The van der Waals surface area contributed by atoms with Gasteiger partial charge in [0.05, 0.1) is 20.1 Å². The molecule has 2 aromatic rings. The molecule has 0 radical (unpaired) electrons. The molecule has 0 amide bonds. The van der Waals surface area contributed by atoms with Crippen LogP contribution in [0.1, 0.15) is 21.0 Å². The van der Waals surface area contributed by atoms with Gasteiger partial charge in [-0.2, -0.15) is 0 Å². The Bertz CT molecular complexity index is 700. The van der Waals surface area contributed by atoms with Crippen molar-refractivity contribution in [3.05, 3.63) is 53.9 Å². The molecule has 0 aliphatic heterocycles. The van der Waals surface area contributed by atoms with E-state index in [9.17, 15) is 9.59 Å². The molecule has 0 saturated carbocycles. The summed E-state index contributed by atoms with van der Waals surface area (Å²) in [4.78, 5) is 28.1. The number of hydrogen-bond donors (Lipinski definition) is 1. The zero-order valence-electron chi connectivity index (χ0n) is 11.0. The van der Waals surface area contributed by atoms with Gasteiger partial charge >= 0.3 is 5.97 Å². The predicted molar refractivity (Wildman–Crippen MR) is 95.7 cm³/mol. The third-order valence-corrected chi connectivity index (χ3v) is 4.66. The summed E-state index contributed by atoms with van der Waals surface area (Å²) in [7, 11) is 0. The molecule has 128 valence electrons. The van der Waals surface area contributed by atoms with E-state index in [0.717, 1.165) is 6.07 Å². The first-order valence-electron chi connectivity index (χ1n) is 5.50. The first kappa shape index (κ1) is 21.5. The predicted octanol–water partition coefficient (Wildman–Crippen LogP) is 6.16. The lowest BCUT2D eigenvalue weighted by Crippen LogP contribution is -2.00. The summed E-state index contributed by atoms with van der Waals surface area (Å²) >= 11 is 38.4. The molecule has 2 rings (SSSR count). The quantitative estimate of drug-likeness (QED) is 0.419. The molecule has 1 N–H and O–H groups in total. The number of nitrogens with zero attached hydrogens (tertiary/aromatic N) is 2. The fourth-order valence-electron chi connectivity index (χ4n) is 1.15. The maximum Gasteiger partial charge on any atom is 0.354 e. The van der Waals surface area contributed by atoms with Crippen molar-refractivity contribution >= 4 is 92.4 Å². The maximum absolute atomic E-state index is 10.6. The van der Waals surface area contributed by atoms with E-state index in [1.807, 2.05) is 0 Å². The van der Waals surface area contributed by atoms with Gasteiger partial charge in [0, 0.05) is 0 Å². The number of halogens is 7. The van der Waals surface area contributed by atoms with Crippen molar-refractivity contribution in [2.45, 2.75) is 0 Å². The average molecular weight is 471 g/mol. The van der Waals surface area contributed by atoms with Gasteiger partial charge in [-0.05, 0) is 23.7 Å². The van der Waals surface area contributed by atoms with Gasteiger partial charge in [-0.3, -0.25) is 4.79 Å². The number of rotatable bonds is 2. The van der Waals surface area contributed by atoms with Crippen molar-refractivity contribution < 1.29 is 14.7 Å². The van der Waals surface area contributed by atoms with Crippen LogP contribution in [0, 0.1) is 0 Å². The summed E-state index contributed by atoms with van der Waals surface area (Å²) < 4.78 is 0. The van der Waals surface area contributed by atoms with Crippen LogP contribution in [0.15, 0.2) is 12.1 Å². The lowest BCUT2D eigenvalue weighted by molar-refractivity contribution is 0.0690. The molecule has 0 aromatic carbocycles. The molecule has 0 aliphatic carbocycles. The highest BCUT2D eigenvalue weighted by molar-refractivity contribution is 6.67. The minimum Gasteiger partial charge on any atom is -0.477 e. The van der Waals surface area contributed by atoms with Crippen LogP contribution in [0.25, 0.3) is 0 Å². The summed E-state index contributed by atoms with van der Waals surface area (Å²) in [6.45, 7) is 0. The zero-order valence-corrected chi connectivity index (χ0v) is 16.3. The van der Waals surface area contributed by atoms with Crippen LogP contribution < -0.4 is 0 Å². The number of pyridine rings is 2. The second-order valence-electron chi connectivity index (χ2n) is 3.77. The summed E-state index contributed by atoms with van der Waals surface area (Å²) in [5.41, 5.74) is -0.245. The van der Waals surface area contributed by atoms with Gasteiger partial charge in [0.1, 0.15) is 16.0 Å². The summed E-state index contributed by atoms with van der Waals surface area (Å²) in [5, 5.41) is 8.03. The molecule has 0 spiro atoms. The monoisotopic (exact) mass is 468 g/mol. The highest BCUT2D eigenvalue weighted by atomic mass is 35.5. The van der Waals surface area contributed by atoms with Crippen molar-refractivity contribution in [1.29, 1.82) is 0 Å². The van der Waals surface area contributed by atoms with Crippen molar-refractivity contribution in [1.82, 2.24) is 9.97 Å². The molecule has 12 heteroatoms. The SMILES string of the molecule is O=C(Cl)c1cc(Cl)c(Cl)c(Cl)n1.O=C(O)c1cc(Cl)c(Cl)c(Cl)n1. The normalized spacial score (nSPS) is 9.96. The van der Waals surface area contributed by atoms with E-state index in [1.54, 1.807) is 0 Å². The Morgan fingerprint density at radius 1 is 0.792 bits per heavy atom. The molecule has 2 aromatic heterocycles. The van der Waals surface area contributed by atoms with Crippen molar-refractivity contribution in [3.8, 4) is 0 Å². The number of carboxylic acids is 1. The lowest BCUT2D eigenvalue weighted by atomic mass is 10.3. The minimum atomic E-state index is -1.20. The van der Waals surface area contributed by atoms with Gasteiger partial charge in [-0.25, -0.2) is 14.8 Å². The largest absolute Gasteiger partial charge is 0.477 e. The first-order valence-corrected chi connectivity index (χ1v) is 8.15. The van der Waals surface area contributed by atoms with E-state index in [-0.39, 0.29) is 41.8 Å². The lowest BCUT2D eigenvalue weighted by Gasteiger charge is -1.99. The second kappa shape index (κ2) is 9.25. The number of carboxylic acid groups (broad SMARTS) is 1. The molecule has 2 heterocycles. The Balaban J connectivity index is 0.000000240. The molecule has 5 nitrogen and oxygen atoms in total. The second-order valence-corrected chi connectivity index (χ2v) is 6.40. The van der Waals surface area contributed by atoms with Crippen LogP contribution in [0.3, 0.4) is 0 Å². The summed E-state index contributed by atoms with van der Waals surface area (Å²) in [6, 6.07) is 2.39. The average Bonchev–Trinajstić information content (AvgIpc) is 2.49. The highest BCUT2D eigenvalue weighted by Crippen LogP contribution is 2.29. The van der Waals surface area contributed by atoms with E-state index < -0.39 is 11.2 Å². The topological polar surface area (TPSA) is 80.2 Å². The molecular weight excluding hydrogens is 468 g/mol. The van der Waals surface area contributed by atoms with E-state index in [0.29, 0.717) is 0 Å². The van der Waals surface area contributed by atoms with E-state index >= 15 is 0 Å².